The van der Waals surface area contributed by atoms with Gasteiger partial charge in [0.05, 0.1) is 30.5 Å². The predicted octanol–water partition coefficient (Wildman–Crippen LogP) is 4.26. The third-order valence-corrected chi connectivity index (χ3v) is 4.06. The van der Waals surface area contributed by atoms with Crippen molar-refractivity contribution in [1.29, 1.82) is 0 Å². The van der Waals surface area contributed by atoms with E-state index in [1.807, 2.05) is 6.07 Å². The predicted molar refractivity (Wildman–Crippen MR) is 111 cm³/mol. The summed E-state index contributed by atoms with van der Waals surface area (Å²) in [5, 5.41) is 5.88. The van der Waals surface area contributed by atoms with Crippen molar-refractivity contribution in [3.63, 3.8) is 0 Å². The monoisotopic (exact) mass is 391 g/mol. The van der Waals surface area contributed by atoms with Crippen molar-refractivity contribution in [3.8, 4) is 5.75 Å². The van der Waals surface area contributed by atoms with Gasteiger partial charge in [-0.3, -0.25) is 4.79 Å². The average Bonchev–Trinajstić information content (AvgIpc) is 2.75. The second-order valence-corrected chi connectivity index (χ2v) is 6.01. The highest BCUT2D eigenvalue weighted by molar-refractivity contribution is 6.04. The van der Waals surface area contributed by atoms with E-state index in [4.69, 9.17) is 9.47 Å². The normalized spacial score (nSPS) is 10.1. The molecule has 1 aromatic heterocycles. The molecule has 3 rings (SSSR count). The zero-order valence-corrected chi connectivity index (χ0v) is 16.1. The number of aromatic nitrogens is 1. The molecule has 1 amide bonds. The van der Waals surface area contributed by atoms with Crippen LogP contribution in [0.4, 0.5) is 17.2 Å². The van der Waals surface area contributed by atoms with Gasteiger partial charge in [-0.25, -0.2) is 9.78 Å². The molecule has 0 aliphatic heterocycles. The molecule has 0 aliphatic carbocycles. The Morgan fingerprint density at radius 3 is 2.41 bits per heavy atom. The first-order valence-corrected chi connectivity index (χ1v) is 9.05. The lowest BCUT2D eigenvalue weighted by Crippen LogP contribution is -2.12. The van der Waals surface area contributed by atoms with E-state index in [0.717, 1.165) is 0 Å². The van der Waals surface area contributed by atoms with Gasteiger partial charge < -0.3 is 20.1 Å². The van der Waals surface area contributed by atoms with Crippen LogP contribution in [-0.2, 0) is 4.74 Å². The molecular weight excluding hydrogens is 370 g/mol. The molecule has 0 saturated carbocycles. The second-order valence-electron chi connectivity index (χ2n) is 6.01. The van der Waals surface area contributed by atoms with E-state index in [2.05, 4.69) is 15.6 Å². The van der Waals surface area contributed by atoms with Crippen molar-refractivity contribution in [3.05, 3.63) is 78.0 Å². The minimum Gasteiger partial charge on any atom is -0.497 e. The quantitative estimate of drug-likeness (QED) is 0.585. The van der Waals surface area contributed by atoms with E-state index in [9.17, 15) is 9.59 Å². The minimum absolute atomic E-state index is 0.277. The third-order valence-electron chi connectivity index (χ3n) is 4.06. The van der Waals surface area contributed by atoms with Gasteiger partial charge in [-0.15, -0.1) is 0 Å². The van der Waals surface area contributed by atoms with Crippen molar-refractivity contribution < 1.29 is 19.1 Å². The number of esters is 1. The number of para-hydroxylation sites is 1. The molecule has 0 fully saturated rings. The number of ether oxygens (including phenoxy) is 2. The number of carbonyl (C=O) groups is 2. The zero-order valence-electron chi connectivity index (χ0n) is 16.1. The van der Waals surface area contributed by atoms with Crippen LogP contribution in [0.15, 0.2) is 66.9 Å². The van der Waals surface area contributed by atoms with Gasteiger partial charge in [0.15, 0.2) is 0 Å². The topological polar surface area (TPSA) is 89.5 Å². The number of anilines is 3. The first kappa shape index (κ1) is 19.9. The zero-order chi connectivity index (χ0) is 20.6. The molecular formula is C22H21N3O4. The molecule has 148 valence electrons. The Morgan fingerprint density at radius 1 is 1.00 bits per heavy atom. The van der Waals surface area contributed by atoms with Crippen molar-refractivity contribution in [2.45, 2.75) is 6.92 Å². The summed E-state index contributed by atoms with van der Waals surface area (Å²) in [4.78, 5) is 28.7. The Bertz CT molecular complexity index is 986. The Hall–Kier alpha value is -3.87. The lowest BCUT2D eigenvalue weighted by molar-refractivity contribution is 0.0527. The van der Waals surface area contributed by atoms with Gasteiger partial charge in [0.1, 0.15) is 11.6 Å². The molecule has 0 aliphatic rings. The van der Waals surface area contributed by atoms with Gasteiger partial charge in [0, 0.05) is 11.9 Å². The van der Waals surface area contributed by atoms with E-state index in [1.165, 1.54) is 6.20 Å². The van der Waals surface area contributed by atoms with Crippen LogP contribution in [0.5, 0.6) is 5.75 Å². The molecule has 3 aromatic rings. The summed E-state index contributed by atoms with van der Waals surface area (Å²) >= 11 is 0. The van der Waals surface area contributed by atoms with Gasteiger partial charge in [-0.1, -0.05) is 12.1 Å². The Labute approximate surface area is 168 Å². The number of nitrogens with zero attached hydrogens (tertiary/aromatic N) is 1. The highest BCUT2D eigenvalue weighted by atomic mass is 16.5. The van der Waals surface area contributed by atoms with Crippen LogP contribution >= 0.6 is 0 Å². The fraction of sp³-hybridized carbons (Fsp3) is 0.136. The molecule has 0 radical (unpaired) electrons. The van der Waals surface area contributed by atoms with Crippen LogP contribution in [0, 0.1) is 0 Å². The fourth-order valence-corrected chi connectivity index (χ4v) is 2.60. The van der Waals surface area contributed by atoms with Crippen LogP contribution in [0.25, 0.3) is 0 Å². The van der Waals surface area contributed by atoms with E-state index >= 15 is 0 Å². The number of hydrogen-bond donors (Lipinski definition) is 2. The maximum atomic E-state index is 12.4. The number of amides is 1. The van der Waals surface area contributed by atoms with E-state index < -0.39 is 5.97 Å². The molecule has 7 nitrogen and oxygen atoms in total. The number of carbonyl (C=O) groups excluding carboxylic acids is 2. The van der Waals surface area contributed by atoms with Gasteiger partial charge in [0.2, 0.25) is 0 Å². The summed E-state index contributed by atoms with van der Waals surface area (Å²) in [5.41, 5.74) is 2.05. The third kappa shape index (κ3) is 5.10. The molecule has 29 heavy (non-hydrogen) atoms. The summed E-state index contributed by atoms with van der Waals surface area (Å²) < 4.78 is 10.2. The molecule has 1 heterocycles. The number of hydrogen-bond acceptors (Lipinski definition) is 6. The van der Waals surface area contributed by atoms with E-state index in [-0.39, 0.29) is 5.91 Å². The standard InChI is InChI=1S/C22H21N3O4/c1-3-29-22(27)18-6-4-5-7-19(18)25-20-13-8-15(14-23-20)21(26)24-16-9-11-17(28-2)12-10-16/h4-14H,3H2,1-2H3,(H,23,25)(H,24,26). The lowest BCUT2D eigenvalue weighted by atomic mass is 10.1. The molecule has 0 unspecified atom stereocenters. The van der Waals surface area contributed by atoms with Crippen LogP contribution in [-0.4, -0.2) is 30.6 Å². The highest BCUT2D eigenvalue weighted by Crippen LogP contribution is 2.21. The highest BCUT2D eigenvalue weighted by Gasteiger charge is 2.13. The molecule has 0 spiro atoms. The van der Waals surface area contributed by atoms with Gasteiger partial charge in [-0.05, 0) is 55.5 Å². The molecule has 0 saturated heterocycles. The minimum atomic E-state index is -0.411. The van der Waals surface area contributed by atoms with E-state index in [1.54, 1.807) is 68.6 Å². The van der Waals surface area contributed by atoms with Gasteiger partial charge in [0.25, 0.3) is 5.91 Å². The van der Waals surface area contributed by atoms with Crippen molar-refractivity contribution in [2.75, 3.05) is 24.4 Å². The Morgan fingerprint density at radius 2 is 1.76 bits per heavy atom. The molecule has 0 atom stereocenters. The maximum absolute atomic E-state index is 12.4. The summed E-state index contributed by atoms with van der Waals surface area (Å²) in [6, 6.07) is 17.4. The molecule has 7 heteroatoms. The van der Waals surface area contributed by atoms with Crippen LogP contribution in [0.3, 0.4) is 0 Å². The molecule has 2 N–H and O–H groups in total. The fourth-order valence-electron chi connectivity index (χ4n) is 2.60. The smallest absolute Gasteiger partial charge is 0.340 e. The van der Waals surface area contributed by atoms with Crippen LogP contribution in [0.2, 0.25) is 0 Å². The number of pyridine rings is 1. The molecule has 2 aromatic carbocycles. The number of nitrogens with one attached hydrogen (secondary N) is 2. The summed E-state index contributed by atoms with van der Waals surface area (Å²) in [6.07, 6.45) is 1.47. The Balaban J connectivity index is 1.69. The number of rotatable bonds is 7. The maximum Gasteiger partial charge on any atom is 0.340 e. The SMILES string of the molecule is CCOC(=O)c1ccccc1Nc1ccc(C(=O)Nc2ccc(OC)cc2)cn1. The summed E-state index contributed by atoms with van der Waals surface area (Å²) in [5.74, 6) is 0.526. The summed E-state index contributed by atoms with van der Waals surface area (Å²) in [6.45, 7) is 2.05. The van der Waals surface area contributed by atoms with Gasteiger partial charge >= 0.3 is 5.97 Å². The average molecular weight is 391 g/mol. The first-order valence-electron chi connectivity index (χ1n) is 9.05. The largest absolute Gasteiger partial charge is 0.497 e. The van der Waals surface area contributed by atoms with Crippen molar-refractivity contribution in [1.82, 2.24) is 4.98 Å². The summed E-state index contributed by atoms with van der Waals surface area (Å²) in [7, 11) is 1.58. The van der Waals surface area contributed by atoms with Crippen molar-refractivity contribution in [2.24, 2.45) is 0 Å². The van der Waals surface area contributed by atoms with E-state index in [0.29, 0.717) is 40.7 Å². The molecule has 0 bridgehead atoms. The Kier molecular flexibility index (Phi) is 6.42. The van der Waals surface area contributed by atoms with Crippen LogP contribution < -0.4 is 15.4 Å². The number of benzene rings is 2. The van der Waals surface area contributed by atoms with Gasteiger partial charge in [-0.2, -0.15) is 0 Å². The number of methoxy groups -OCH3 is 1. The van der Waals surface area contributed by atoms with Crippen molar-refractivity contribution >= 4 is 29.1 Å². The lowest BCUT2D eigenvalue weighted by Gasteiger charge is -2.11. The second kappa shape index (κ2) is 9.36. The first-order chi connectivity index (χ1) is 14.1. The van der Waals surface area contributed by atoms with Crippen LogP contribution in [0.1, 0.15) is 27.6 Å².